The zero-order chi connectivity index (χ0) is 19.7. The van der Waals surface area contributed by atoms with E-state index in [1.807, 2.05) is 0 Å². The third kappa shape index (κ3) is 4.52. The van der Waals surface area contributed by atoms with Crippen molar-refractivity contribution in [1.29, 1.82) is 0 Å². The average molecular weight is 400 g/mol. The summed E-state index contributed by atoms with van der Waals surface area (Å²) >= 11 is 5.66. The van der Waals surface area contributed by atoms with Crippen LogP contribution in [0.1, 0.15) is 18.2 Å². The molecule has 1 unspecified atom stereocenters. The number of rotatable bonds is 5. The third-order valence-corrected chi connectivity index (χ3v) is 3.80. The van der Waals surface area contributed by atoms with Crippen molar-refractivity contribution in [1.82, 2.24) is 24.7 Å². The highest BCUT2D eigenvalue weighted by atomic mass is 35.5. The number of hydrogen-bond acceptors (Lipinski definition) is 6. The molecule has 1 atom stereocenters. The van der Waals surface area contributed by atoms with Crippen LogP contribution in [0, 0.1) is 0 Å². The summed E-state index contributed by atoms with van der Waals surface area (Å²) < 4.78 is 47.1. The maximum atomic E-state index is 13.5. The second-order valence-corrected chi connectivity index (χ2v) is 6.22. The van der Waals surface area contributed by atoms with Crippen molar-refractivity contribution in [2.24, 2.45) is 0 Å². The number of aromatic nitrogens is 5. The van der Waals surface area contributed by atoms with E-state index in [1.165, 1.54) is 48.7 Å². The second kappa shape index (κ2) is 7.12. The van der Waals surface area contributed by atoms with Crippen molar-refractivity contribution in [3.63, 3.8) is 0 Å². The van der Waals surface area contributed by atoms with Crippen molar-refractivity contribution in [3.05, 3.63) is 59.5 Å². The maximum absolute atomic E-state index is 13.5. The minimum Gasteiger partial charge on any atom is -0.437 e. The molecular formula is C16H13ClF3N5O2. The molecule has 0 fully saturated rings. The fraction of sp³-hybridized carbons (Fsp3) is 0.250. The van der Waals surface area contributed by atoms with E-state index in [2.05, 4.69) is 20.1 Å². The van der Waals surface area contributed by atoms with Gasteiger partial charge in [-0.25, -0.2) is 19.6 Å². The van der Waals surface area contributed by atoms with E-state index >= 15 is 0 Å². The summed E-state index contributed by atoms with van der Waals surface area (Å²) in [4.78, 5) is 11.0. The molecule has 3 heterocycles. The minimum absolute atomic E-state index is 0.169. The number of alkyl halides is 3. The zero-order valence-electron chi connectivity index (χ0n) is 13.9. The lowest BCUT2D eigenvalue weighted by atomic mass is 9.94. The van der Waals surface area contributed by atoms with Gasteiger partial charge < -0.3 is 9.84 Å². The largest absolute Gasteiger partial charge is 0.437 e. The molecule has 0 amide bonds. The summed E-state index contributed by atoms with van der Waals surface area (Å²) in [5.41, 5.74) is -3.56. The Kier molecular flexibility index (Phi) is 5.03. The minimum atomic E-state index is -4.81. The van der Waals surface area contributed by atoms with E-state index in [4.69, 9.17) is 16.3 Å². The van der Waals surface area contributed by atoms with Gasteiger partial charge in [0.25, 0.3) is 0 Å². The molecule has 7 nitrogen and oxygen atoms in total. The van der Waals surface area contributed by atoms with Crippen molar-refractivity contribution < 1.29 is 23.0 Å². The molecule has 1 N–H and O–H groups in total. The van der Waals surface area contributed by atoms with Crippen LogP contribution < -0.4 is 4.74 Å². The van der Waals surface area contributed by atoms with E-state index in [9.17, 15) is 18.3 Å². The predicted octanol–water partition coefficient (Wildman–Crippen LogP) is 3.44. The molecule has 0 spiro atoms. The number of aliphatic hydroxyl groups is 1. The van der Waals surface area contributed by atoms with Gasteiger partial charge in [-0.15, -0.1) is 0 Å². The summed E-state index contributed by atoms with van der Waals surface area (Å²) in [7, 11) is 0. The van der Waals surface area contributed by atoms with E-state index in [1.54, 1.807) is 0 Å². The number of halogens is 4. The first-order chi connectivity index (χ1) is 12.6. The topological polar surface area (TPSA) is 86.0 Å². The molecule has 0 aromatic carbocycles. The number of hydrogen-bond donors (Lipinski definition) is 1. The van der Waals surface area contributed by atoms with E-state index < -0.39 is 23.0 Å². The van der Waals surface area contributed by atoms with Crippen LogP contribution in [0.25, 0.3) is 0 Å². The van der Waals surface area contributed by atoms with Gasteiger partial charge in [0.2, 0.25) is 5.88 Å². The fourth-order valence-electron chi connectivity index (χ4n) is 2.41. The molecule has 11 heteroatoms. The van der Waals surface area contributed by atoms with Gasteiger partial charge in [0.1, 0.15) is 29.2 Å². The molecule has 142 valence electrons. The lowest BCUT2D eigenvalue weighted by Gasteiger charge is -2.26. The van der Waals surface area contributed by atoms with Gasteiger partial charge in [0, 0.05) is 11.6 Å². The van der Waals surface area contributed by atoms with Gasteiger partial charge in [-0.1, -0.05) is 11.6 Å². The van der Waals surface area contributed by atoms with Gasteiger partial charge in [-0.2, -0.15) is 18.3 Å². The fourth-order valence-corrected chi connectivity index (χ4v) is 2.52. The van der Waals surface area contributed by atoms with Gasteiger partial charge in [0.15, 0.2) is 5.69 Å². The van der Waals surface area contributed by atoms with Crippen LogP contribution in [0.5, 0.6) is 11.6 Å². The van der Waals surface area contributed by atoms with Crippen LogP contribution in [-0.4, -0.2) is 29.8 Å². The van der Waals surface area contributed by atoms with Gasteiger partial charge in [0.05, 0.1) is 12.7 Å². The highest BCUT2D eigenvalue weighted by Gasteiger charge is 2.41. The lowest BCUT2D eigenvalue weighted by Crippen LogP contribution is -2.31. The van der Waals surface area contributed by atoms with Gasteiger partial charge >= 0.3 is 6.18 Å². The van der Waals surface area contributed by atoms with Crippen LogP contribution in [0.2, 0.25) is 5.15 Å². The molecule has 3 rings (SSSR count). The summed E-state index contributed by atoms with van der Waals surface area (Å²) in [6, 6.07) is 5.22. The molecule has 3 aromatic heterocycles. The SMILES string of the molecule is CC(O)(Cn1cncn1)c1ccc(Oc2ccc(Cl)nc2)nc1C(F)(F)F. The predicted molar refractivity (Wildman–Crippen MR) is 88.2 cm³/mol. The Bertz CT molecular complexity index is 915. The molecular weight excluding hydrogens is 387 g/mol. The highest BCUT2D eigenvalue weighted by molar-refractivity contribution is 6.29. The molecule has 0 bridgehead atoms. The Hall–Kier alpha value is -2.72. The molecule has 0 aliphatic carbocycles. The zero-order valence-corrected chi connectivity index (χ0v) is 14.6. The highest BCUT2D eigenvalue weighted by Crippen LogP contribution is 2.37. The monoisotopic (exact) mass is 399 g/mol. The summed E-state index contributed by atoms with van der Waals surface area (Å²) in [5, 5.41) is 14.6. The summed E-state index contributed by atoms with van der Waals surface area (Å²) in [6.07, 6.45) is -1.04. The van der Waals surface area contributed by atoms with Gasteiger partial charge in [-0.05, 0) is 25.1 Å². The molecule has 0 aliphatic rings. The number of ether oxygens (including phenoxy) is 1. The Balaban J connectivity index is 1.95. The second-order valence-electron chi connectivity index (χ2n) is 5.83. The first kappa shape index (κ1) is 19.1. The average Bonchev–Trinajstić information content (AvgIpc) is 3.08. The van der Waals surface area contributed by atoms with Crippen LogP contribution in [-0.2, 0) is 18.3 Å². The van der Waals surface area contributed by atoms with Crippen LogP contribution in [0.4, 0.5) is 13.2 Å². The van der Waals surface area contributed by atoms with Crippen LogP contribution in [0.3, 0.4) is 0 Å². The van der Waals surface area contributed by atoms with E-state index in [-0.39, 0.29) is 23.3 Å². The Morgan fingerprint density at radius 2 is 2.00 bits per heavy atom. The Morgan fingerprint density at radius 3 is 2.59 bits per heavy atom. The normalized spacial score (nSPS) is 14.0. The summed E-state index contributed by atoms with van der Waals surface area (Å²) in [5.74, 6) is -0.131. The van der Waals surface area contributed by atoms with Crippen molar-refractivity contribution in [2.75, 3.05) is 0 Å². The molecule has 0 saturated heterocycles. The summed E-state index contributed by atoms with van der Waals surface area (Å²) in [6.45, 7) is 1.00. The molecule has 0 radical (unpaired) electrons. The molecule has 27 heavy (non-hydrogen) atoms. The molecule has 0 saturated carbocycles. The first-order valence-electron chi connectivity index (χ1n) is 7.58. The number of pyridine rings is 2. The Morgan fingerprint density at radius 1 is 1.22 bits per heavy atom. The Labute approximate surface area is 156 Å². The van der Waals surface area contributed by atoms with E-state index in [0.29, 0.717) is 0 Å². The number of nitrogens with zero attached hydrogens (tertiary/aromatic N) is 5. The van der Waals surface area contributed by atoms with Crippen molar-refractivity contribution >= 4 is 11.6 Å². The maximum Gasteiger partial charge on any atom is 0.433 e. The first-order valence-corrected chi connectivity index (χ1v) is 7.96. The van der Waals surface area contributed by atoms with Crippen molar-refractivity contribution in [3.8, 4) is 11.6 Å². The smallest absolute Gasteiger partial charge is 0.433 e. The molecule has 3 aromatic rings. The molecule has 0 aliphatic heterocycles. The van der Waals surface area contributed by atoms with Gasteiger partial charge in [-0.3, -0.25) is 0 Å². The third-order valence-electron chi connectivity index (χ3n) is 3.58. The van der Waals surface area contributed by atoms with E-state index in [0.717, 1.165) is 6.07 Å². The standard InChI is InChI=1S/C16H13ClF3N5O2/c1-15(26,7-25-9-21-8-23-25)11-3-5-13(24-14(11)16(18,19)20)27-10-2-4-12(17)22-6-10/h2-6,8-9,26H,7H2,1H3. The quantitative estimate of drug-likeness (QED) is 0.661. The van der Waals surface area contributed by atoms with Crippen LogP contribution >= 0.6 is 11.6 Å². The van der Waals surface area contributed by atoms with Crippen LogP contribution in [0.15, 0.2) is 43.1 Å². The lowest BCUT2D eigenvalue weighted by molar-refractivity contribution is -0.144. The van der Waals surface area contributed by atoms with Crippen molar-refractivity contribution in [2.45, 2.75) is 25.2 Å².